The summed E-state index contributed by atoms with van der Waals surface area (Å²) in [5.41, 5.74) is 0.314. The Morgan fingerprint density at radius 2 is 1.86 bits per heavy atom. The summed E-state index contributed by atoms with van der Waals surface area (Å²) in [6.45, 7) is 1.28. The molecular formula is C14H18O7. The molecule has 21 heavy (non-hydrogen) atoms. The Morgan fingerprint density at radius 3 is 2.33 bits per heavy atom. The zero-order valence-electron chi connectivity index (χ0n) is 12.4. The van der Waals surface area contributed by atoms with Crippen LogP contribution in [0.15, 0.2) is 11.6 Å². The van der Waals surface area contributed by atoms with Crippen LogP contribution in [-0.4, -0.2) is 50.9 Å². The molecule has 3 rings (SSSR count). The number of hydrogen-bond donors (Lipinski definition) is 0. The molecule has 7 nitrogen and oxygen atoms in total. The number of fused-ring (bicyclic) bond motifs is 2. The molecule has 116 valence electrons. The van der Waals surface area contributed by atoms with Gasteiger partial charge in [-0.3, -0.25) is 9.59 Å². The average molecular weight is 298 g/mol. The van der Waals surface area contributed by atoms with E-state index in [0.717, 1.165) is 0 Å². The van der Waals surface area contributed by atoms with Crippen molar-refractivity contribution in [2.75, 3.05) is 21.3 Å². The van der Waals surface area contributed by atoms with Crippen molar-refractivity contribution in [2.24, 2.45) is 11.8 Å². The molecule has 0 aromatic rings. The molecule has 0 amide bonds. The molecule has 0 N–H and O–H groups in total. The number of ether oxygens (including phenoxy) is 4. The van der Waals surface area contributed by atoms with Crippen LogP contribution < -0.4 is 0 Å². The zero-order valence-corrected chi connectivity index (χ0v) is 12.4. The topological polar surface area (TPSA) is 88.1 Å². The van der Waals surface area contributed by atoms with E-state index in [1.165, 1.54) is 34.3 Å². The first-order valence-electron chi connectivity index (χ1n) is 6.53. The number of esters is 2. The molecule has 1 saturated carbocycles. The lowest BCUT2D eigenvalue weighted by Gasteiger charge is -2.49. The maximum absolute atomic E-state index is 12.6. The first-order chi connectivity index (χ1) is 9.91. The van der Waals surface area contributed by atoms with E-state index in [9.17, 15) is 14.4 Å². The summed E-state index contributed by atoms with van der Waals surface area (Å²) >= 11 is 0. The highest BCUT2D eigenvalue weighted by atomic mass is 16.7. The van der Waals surface area contributed by atoms with Gasteiger partial charge < -0.3 is 18.9 Å². The van der Waals surface area contributed by atoms with Gasteiger partial charge in [0.15, 0.2) is 0 Å². The summed E-state index contributed by atoms with van der Waals surface area (Å²) in [5.74, 6) is -4.39. The number of carbonyl (C=O) groups is 3. The standard InChI is InChI=1S/C14H18O7/c1-7(15)21-11-6-10-8(13(17)18-2)5-9(11)12(16)14(10,19-3)20-4/h5,9-11H,6H2,1-4H3/t9-,10-,11+/m0/s1. The van der Waals surface area contributed by atoms with Gasteiger partial charge in [-0.05, 0) is 6.42 Å². The SMILES string of the molecule is COC(=O)C1=C[C@@H]2C(=O)C(OC)(OC)[C@H]1C[C@H]2OC(C)=O. The van der Waals surface area contributed by atoms with Gasteiger partial charge in [0.2, 0.25) is 11.6 Å². The Kier molecular flexibility index (Phi) is 4.15. The fourth-order valence-corrected chi connectivity index (χ4v) is 3.16. The highest BCUT2D eigenvalue weighted by Gasteiger charge is 2.62. The molecule has 0 aliphatic heterocycles. The summed E-state index contributed by atoms with van der Waals surface area (Å²) in [6.07, 6.45) is 1.14. The summed E-state index contributed by atoms with van der Waals surface area (Å²) in [6, 6.07) is 0. The van der Waals surface area contributed by atoms with Crippen LogP contribution in [0.4, 0.5) is 0 Å². The molecule has 0 saturated heterocycles. The molecule has 0 unspecified atom stereocenters. The van der Waals surface area contributed by atoms with Crippen LogP contribution in [0.5, 0.6) is 0 Å². The van der Waals surface area contributed by atoms with Gasteiger partial charge in [0.1, 0.15) is 6.10 Å². The molecule has 7 heteroatoms. The molecule has 0 aromatic heterocycles. The fourth-order valence-electron chi connectivity index (χ4n) is 3.16. The van der Waals surface area contributed by atoms with Gasteiger partial charge in [0, 0.05) is 26.7 Å². The normalized spacial score (nSPS) is 29.8. The molecule has 0 aromatic carbocycles. The fraction of sp³-hybridized carbons (Fsp3) is 0.643. The molecule has 1 fully saturated rings. The average Bonchev–Trinajstić information content (AvgIpc) is 2.47. The minimum absolute atomic E-state index is 0.263. The highest BCUT2D eigenvalue weighted by molar-refractivity contribution is 6.00. The van der Waals surface area contributed by atoms with Gasteiger partial charge >= 0.3 is 11.9 Å². The Hall–Kier alpha value is -1.73. The predicted octanol–water partition coefficient (Wildman–Crippen LogP) is 0.225. The molecule has 0 spiro atoms. The van der Waals surface area contributed by atoms with Gasteiger partial charge in [0.25, 0.3) is 0 Å². The first-order valence-corrected chi connectivity index (χ1v) is 6.53. The van der Waals surface area contributed by atoms with Crippen molar-refractivity contribution >= 4 is 17.7 Å². The molecule has 0 radical (unpaired) electrons. The van der Waals surface area contributed by atoms with Gasteiger partial charge in [-0.25, -0.2) is 4.79 Å². The van der Waals surface area contributed by atoms with Crippen LogP contribution >= 0.6 is 0 Å². The van der Waals surface area contributed by atoms with E-state index < -0.39 is 35.7 Å². The van der Waals surface area contributed by atoms with Crippen molar-refractivity contribution in [3.05, 3.63) is 11.6 Å². The van der Waals surface area contributed by atoms with Gasteiger partial charge in [0.05, 0.1) is 18.9 Å². The van der Waals surface area contributed by atoms with Crippen molar-refractivity contribution in [1.29, 1.82) is 0 Å². The number of hydrogen-bond acceptors (Lipinski definition) is 7. The maximum Gasteiger partial charge on any atom is 0.333 e. The summed E-state index contributed by atoms with van der Waals surface area (Å²) in [7, 11) is 3.95. The number of ketones is 1. The third-order valence-corrected chi connectivity index (χ3v) is 4.05. The third-order valence-electron chi connectivity index (χ3n) is 4.05. The molecule has 3 aliphatic carbocycles. The van der Waals surface area contributed by atoms with Crippen LogP contribution in [0.2, 0.25) is 0 Å². The van der Waals surface area contributed by atoms with Gasteiger partial charge in [-0.1, -0.05) is 6.08 Å². The van der Waals surface area contributed by atoms with E-state index in [-0.39, 0.29) is 12.2 Å². The molecular weight excluding hydrogens is 280 g/mol. The monoisotopic (exact) mass is 298 g/mol. The summed E-state index contributed by atoms with van der Waals surface area (Å²) in [4.78, 5) is 35.6. The van der Waals surface area contributed by atoms with Crippen LogP contribution in [-0.2, 0) is 33.3 Å². The quantitative estimate of drug-likeness (QED) is 0.542. The Morgan fingerprint density at radius 1 is 1.24 bits per heavy atom. The van der Waals surface area contributed by atoms with Gasteiger partial charge in [-0.2, -0.15) is 0 Å². The van der Waals surface area contributed by atoms with Crippen LogP contribution in [0, 0.1) is 11.8 Å². The summed E-state index contributed by atoms with van der Waals surface area (Å²) in [5, 5.41) is 0. The lowest BCUT2D eigenvalue weighted by atomic mass is 9.65. The second-order valence-electron chi connectivity index (χ2n) is 5.02. The van der Waals surface area contributed by atoms with E-state index in [1.54, 1.807) is 0 Å². The van der Waals surface area contributed by atoms with Crippen molar-refractivity contribution in [3.8, 4) is 0 Å². The smallest absolute Gasteiger partial charge is 0.333 e. The third kappa shape index (κ3) is 2.26. The number of rotatable bonds is 4. The lowest BCUT2D eigenvalue weighted by molar-refractivity contribution is -0.247. The van der Waals surface area contributed by atoms with Gasteiger partial charge in [-0.15, -0.1) is 0 Å². The van der Waals surface area contributed by atoms with Crippen molar-refractivity contribution in [1.82, 2.24) is 0 Å². The lowest BCUT2D eigenvalue weighted by Crippen LogP contribution is -2.63. The second-order valence-corrected chi connectivity index (χ2v) is 5.02. The molecule has 2 bridgehead atoms. The van der Waals surface area contributed by atoms with E-state index in [4.69, 9.17) is 18.9 Å². The van der Waals surface area contributed by atoms with Crippen molar-refractivity contribution in [3.63, 3.8) is 0 Å². The van der Waals surface area contributed by atoms with Crippen molar-refractivity contribution in [2.45, 2.75) is 25.2 Å². The first kappa shape index (κ1) is 15.7. The van der Waals surface area contributed by atoms with E-state index in [1.807, 2.05) is 0 Å². The number of methoxy groups -OCH3 is 3. The predicted molar refractivity (Wildman–Crippen MR) is 69.0 cm³/mol. The van der Waals surface area contributed by atoms with Crippen LogP contribution in [0.25, 0.3) is 0 Å². The van der Waals surface area contributed by atoms with Crippen molar-refractivity contribution < 1.29 is 33.3 Å². The molecule has 3 atom stereocenters. The van der Waals surface area contributed by atoms with Crippen LogP contribution in [0.3, 0.4) is 0 Å². The largest absolute Gasteiger partial charge is 0.466 e. The Bertz CT molecular complexity index is 503. The number of Topliss-reactive ketones (excluding diaryl/α,β-unsaturated/α-hetero) is 1. The maximum atomic E-state index is 12.6. The Balaban J connectivity index is 2.46. The molecule has 3 aliphatic rings. The zero-order chi connectivity index (χ0) is 15.8. The minimum atomic E-state index is -1.54. The molecule has 0 heterocycles. The minimum Gasteiger partial charge on any atom is -0.466 e. The second kappa shape index (κ2) is 5.57. The van der Waals surface area contributed by atoms with E-state index in [0.29, 0.717) is 5.57 Å². The van der Waals surface area contributed by atoms with E-state index in [2.05, 4.69) is 0 Å². The van der Waals surface area contributed by atoms with Crippen LogP contribution in [0.1, 0.15) is 13.3 Å². The summed E-state index contributed by atoms with van der Waals surface area (Å²) < 4.78 is 20.5. The highest BCUT2D eigenvalue weighted by Crippen LogP contribution is 2.48. The Labute approximate surface area is 122 Å². The number of carbonyl (C=O) groups excluding carboxylic acids is 3. The van der Waals surface area contributed by atoms with E-state index >= 15 is 0 Å².